The van der Waals surface area contributed by atoms with E-state index in [-0.39, 0.29) is 35.3 Å². The molecule has 2 aromatic carbocycles. The molecule has 1 aromatic heterocycles. The molecule has 4 aliphatic rings. The molecular formula is C46H60O6. The van der Waals surface area contributed by atoms with E-state index in [0.29, 0.717) is 33.6 Å². The molecular weight excluding hydrogens is 649 g/mol. The Labute approximate surface area is 310 Å². The van der Waals surface area contributed by atoms with Crippen molar-refractivity contribution in [3.05, 3.63) is 76.2 Å². The van der Waals surface area contributed by atoms with Crippen LogP contribution in [0.4, 0.5) is 0 Å². The minimum absolute atomic E-state index is 0.117. The van der Waals surface area contributed by atoms with Gasteiger partial charge in [-0.25, -0.2) is 4.79 Å². The van der Waals surface area contributed by atoms with Gasteiger partial charge in [0, 0.05) is 12.5 Å². The highest BCUT2D eigenvalue weighted by molar-refractivity contribution is 5.80. The molecule has 8 atom stereocenters. The number of esters is 1. The Kier molecular flexibility index (Phi) is 10.7. The van der Waals surface area contributed by atoms with Crippen molar-refractivity contribution in [2.45, 2.75) is 125 Å². The third-order valence-corrected chi connectivity index (χ3v) is 14.0. The summed E-state index contributed by atoms with van der Waals surface area (Å²) >= 11 is 0. The fourth-order valence-corrected chi connectivity index (χ4v) is 11.0. The summed E-state index contributed by atoms with van der Waals surface area (Å²) in [6.07, 6.45) is 17.5. The molecule has 0 radical (unpaired) electrons. The van der Waals surface area contributed by atoms with Crippen LogP contribution in [-0.4, -0.2) is 18.7 Å². The predicted molar refractivity (Wildman–Crippen MR) is 207 cm³/mol. The SMILES string of the molecule is Cc1oc2cc(OCC(=O)O[C@@H]3CC[C@@]4(C)C(=CC[C@H]5[C@H]4CC[C@]4(C)C[C@@H]([C@@H](C)CCCC(C)C)CC[C@@H]54)C3)ccc2c(=O)c1Oc1ccccc1. The van der Waals surface area contributed by atoms with E-state index in [0.717, 1.165) is 54.8 Å². The van der Waals surface area contributed by atoms with E-state index in [9.17, 15) is 9.59 Å². The van der Waals surface area contributed by atoms with Crippen LogP contribution in [0, 0.1) is 53.3 Å². The molecule has 280 valence electrons. The summed E-state index contributed by atoms with van der Waals surface area (Å²) in [7, 11) is 0. The first-order valence-corrected chi connectivity index (χ1v) is 20.3. The highest BCUT2D eigenvalue weighted by atomic mass is 16.6. The summed E-state index contributed by atoms with van der Waals surface area (Å²) in [6.45, 7) is 13.9. The van der Waals surface area contributed by atoms with E-state index >= 15 is 0 Å². The fourth-order valence-electron chi connectivity index (χ4n) is 11.0. The van der Waals surface area contributed by atoms with Crippen molar-refractivity contribution < 1.29 is 23.4 Å². The van der Waals surface area contributed by atoms with Crippen LogP contribution in [0.25, 0.3) is 11.0 Å². The number of benzene rings is 2. The van der Waals surface area contributed by atoms with Crippen molar-refractivity contribution in [2.24, 2.45) is 46.3 Å². The second-order valence-electron chi connectivity index (χ2n) is 17.8. The zero-order chi connectivity index (χ0) is 36.6. The highest BCUT2D eigenvalue weighted by Gasteiger charge is 2.56. The van der Waals surface area contributed by atoms with E-state index in [1.165, 1.54) is 63.4 Å². The molecule has 0 saturated heterocycles. The maximum absolute atomic E-state index is 13.2. The minimum Gasteiger partial charge on any atom is -0.482 e. The lowest BCUT2D eigenvalue weighted by molar-refractivity contribution is -0.154. The van der Waals surface area contributed by atoms with Gasteiger partial charge >= 0.3 is 5.97 Å². The number of carbonyl (C=O) groups excluding carboxylic acids is 1. The Hall–Kier alpha value is -3.54. The van der Waals surface area contributed by atoms with Crippen LogP contribution in [0.1, 0.15) is 117 Å². The molecule has 6 heteroatoms. The Balaban J connectivity index is 0.933. The third-order valence-electron chi connectivity index (χ3n) is 14.0. The lowest BCUT2D eigenvalue weighted by atomic mass is 9.44. The van der Waals surface area contributed by atoms with E-state index < -0.39 is 0 Å². The number of ether oxygens (including phenoxy) is 3. The van der Waals surface area contributed by atoms with Gasteiger partial charge in [-0.2, -0.15) is 0 Å². The Morgan fingerprint density at radius 3 is 2.54 bits per heavy atom. The quantitative estimate of drug-likeness (QED) is 0.146. The fraction of sp³-hybridized carbons (Fsp3) is 0.609. The number of aryl methyl sites for hydroxylation is 1. The predicted octanol–water partition coefficient (Wildman–Crippen LogP) is 11.6. The first-order chi connectivity index (χ1) is 24.9. The molecule has 4 aliphatic carbocycles. The monoisotopic (exact) mass is 708 g/mol. The van der Waals surface area contributed by atoms with Crippen LogP contribution in [0.5, 0.6) is 17.2 Å². The van der Waals surface area contributed by atoms with Gasteiger partial charge in [0.25, 0.3) is 0 Å². The molecule has 0 spiro atoms. The van der Waals surface area contributed by atoms with Crippen molar-refractivity contribution in [1.29, 1.82) is 0 Å². The first-order valence-electron chi connectivity index (χ1n) is 20.3. The smallest absolute Gasteiger partial charge is 0.344 e. The molecule has 3 aromatic rings. The molecule has 3 saturated carbocycles. The van der Waals surface area contributed by atoms with Gasteiger partial charge in [-0.1, -0.05) is 83.7 Å². The standard InChI is InChI=1S/C46H60O6/c1-29(2)11-10-12-30(3)32-15-20-39-37-18-16-33-25-36(21-24-46(33,6)40(37)22-23-45(39,5)27-32)51-42(47)28-49-35-17-19-38-41(26-35)50-31(4)44(43(38)48)52-34-13-8-7-9-14-34/h7-9,13-14,16-17,19,26,29-30,32,36-37,39-40H,10-12,15,18,20-25,27-28H2,1-6H3/t30-,32-,36+,37+,39-,40+,45+,46-/m0/s1. The lowest BCUT2D eigenvalue weighted by Gasteiger charge is -2.61. The molecule has 0 bridgehead atoms. The Bertz CT molecular complexity index is 1820. The van der Waals surface area contributed by atoms with Gasteiger partial charge in [0.15, 0.2) is 6.61 Å². The normalized spacial score (nSPS) is 30.4. The summed E-state index contributed by atoms with van der Waals surface area (Å²) in [6, 6.07) is 14.1. The molecule has 0 unspecified atom stereocenters. The number of allylic oxidation sites excluding steroid dienone is 1. The second-order valence-corrected chi connectivity index (χ2v) is 17.8. The summed E-state index contributed by atoms with van der Waals surface area (Å²) in [5.74, 6) is 6.09. The van der Waals surface area contributed by atoms with Gasteiger partial charge in [0.05, 0.1) is 5.39 Å². The van der Waals surface area contributed by atoms with Crippen LogP contribution in [0.15, 0.2) is 69.4 Å². The van der Waals surface area contributed by atoms with Crippen molar-refractivity contribution in [3.63, 3.8) is 0 Å². The number of rotatable bonds is 11. The molecule has 3 fully saturated rings. The minimum atomic E-state index is -0.365. The van der Waals surface area contributed by atoms with Gasteiger partial charge in [-0.3, -0.25) is 4.79 Å². The van der Waals surface area contributed by atoms with Crippen molar-refractivity contribution in [2.75, 3.05) is 6.61 Å². The van der Waals surface area contributed by atoms with Crippen LogP contribution in [-0.2, 0) is 9.53 Å². The second kappa shape index (κ2) is 15.1. The van der Waals surface area contributed by atoms with Gasteiger partial charge in [0.1, 0.15) is 28.9 Å². The van der Waals surface area contributed by atoms with Crippen LogP contribution in [0.2, 0.25) is 0 Å². The maximum atomic E-state index is 13.2. The number of para-hydroxylation sites is 1. The zero-order valence-electron chi connectivity index (χ0n) is 32.4. The van der Waals surface area contributed by atoms with Gasteiger partial charge in [-0.05, 0) is 129 Å². The molecule has 7 rings (SSSR count). The summed E-state index contributed by atoms with van der Waals surface area (Å²) in [5, 5.41) is 0.386. The number of fused-ring (bicyclic) bond motifs is 6. The summed E-state index contributed by atoms with van der Waals surface area (Å²) in [4.78, 5) is 26.2. The Morgan fingerprint density at radius 1 is 0.942 bits per heavy atom. The molecule has 0 N–H and O–H groups in total. The largest absolute Gasteiger partial charge is 0.482 e. The molecule has 6 nitrogen and oxygen atoms in total. The Morgan fingerprint density at radius 2 is 1.75 bits per heavy atom. The van der Waals surface area contributed by atoms with Gasteiger partial charge in [-0.15, -0.1) is 0 Å². The van der Waals surface area contributed by atoms with Gasteiger partial charge in [0.2, 0.25) is 11.2 Å². The highest BCUT2D eigenvalue weighted by Crippen LogP contribution is 2.65. The number of hydrogen-bond acceptors (Lipinski definition) is 6. The maximum Gasteiger partial charge on any atom is 0.344 e. The molecule has 1 heterocycles. The van der Waals surface area contributed by atoms with E-state index in [1.54, 1.807) is 37.3 Å². The lowest BCUT2D eigenvalue weighted by Crippen LogP contribution is -2.52. The van der Waals surface area contributed by atoms with Crippen LogP contribution in [0.3, 0.4) is 0 Å². The van der Waals surface area contributed by atoms with E-state index in [4.69, 9.17) is 18.6 Å². The number of carbonyl (C=O) groups is 1. The van der Waals surface area contributed by atoms with Crippen LogP contribution < -0.4 is 14.9 Å². The molecule has 0 aliphatic heterocycles. The molecule has 0 amide bonds. The topological polar surface area (TPSA) is 75.0 Å². The summed E-state index contributed by atoms with van der Waals surface area (Å²) < 4.78 is 23.7. The zero-order valence-corrected chi connectivity index (χ0v) is 32.4. The van der Waals surface area contributed by atoms with Crippen LogP contribution >= 0.6 is 0 Å². The summed E-state index contributed by atoms with van der Waals surface area (Å²) in [5.41, 5.74) is 2.34. The van der Waals surface area contributed by atoms with Crippen molar-refractivity contribution in [1.82, 2.24) is 0 Å². The van der Waals surface area contributed by atoms with E-state index in [1.807, 2.05) is 18.2 Å². The first kappa shape index (κ1) is 36.8. The molecule has 52 heavy (non-hydrogen) atoms. The van der Waals surface area contributed by atoms with Crippen molar-refractivity contribution in [3.8, 4) is 17.2 Å². The number of hydrogen-bond donors (Lipinski definition) is 0. The average Bonchev–Trinajstić information content (AvgIpc) is 3.12. The van der Waals surface area contributed by atoms with Gasteiger partial charge < -0.3 is 18.6 Å². The third kappa shape index (κ3) is 7.46. The van der Waals surface area contributed by atoms with E-state index in [2.05, 4.69) is 40.7 Å². The average molecular weight is 709 g/mol. The van der Waals surface area contributed by atoms with Crippen molar-refractivity contribution >= 4 is 16.9 Å².